The fourth-order valence-electron chi connectivity index (χ4n) is 2.85. The average Bonchev–Trinajstić information content (AvgIpc) is 2.69. The minimum atomic E-state index is -0.253. The van der Waals surface area contributed by atoms with Gasteiger partial charge in [-0.2, -0.15) is 0 Å². The van der Waals surface area contributed by atoms with Crippen LogP contribution in [0, 0.1) is 0 Å². The fraction of sp³-hybridized carbons (Fsp3) is 0.583. The van der Waals surface area contributed by atoms with Gasteiger partial charge in [0, 0.05) is 18.7 Å². The van der Waals surface area contributed by atoms with Crippen LogP contribution in [0.5, 0.6) is 0 Å². The monoisotopic (exact) mass is 288 g/mol. The maximum atomic E-state index is 12.0. The topological polar surface area (TPSA) is 55.6 Å². The molecule has 4 rings (SSSR count). The normalized spacial score (nSPS) is 17.3. The van der Waals surface area contributed by atoms with Gasteiger partial charge in [-0.3, -0.25) is 0 Å². The third kappa shape index (κ3) is 1.86. The molecule has 0 atom stereocenters. The predicted molar refractivity (Wildman–Crippen MR) is 70.0 cm³/mol. The minimum Gasteiger partial charge on any atom is -1.00 e. The molecule has 1 aromatic rings. The smallest absolute Gasteiger partial charge is 1.00 e. The summed E-state index contributed by atoms with van der Waals surface area (Å²) in [5.41, 5.74) is 7.79. The van der Waals surface area contributed by atoms with E-state index in [4.69, 9.17) is 10.5 Å². The number of ether oxygens (including phenoxy) is 1. The summed E-state index contributed by atoms with van der Waals surface area (Å²) in [5, 5.41) is 1.82. The van der Waals surface area contributed by atoms with E-state index in [9.17, 15) is 4.79 Å². The average molecular weight is 289 g/mol. The largest absolute Gasteiger partial charge is 1.00 e. The maximum Gasteiger partial charge on any atom is 1.00 e. The van der Waals surface area contributed by atoms with Crippen LogP contribution in [0.2, 0.25) is 0 Å². The van der Waals surface area contributed by atoms with Crippen LogP contribution in [0.3, 0.4) is 0 Å². The van der Waals surface area contributed by atoms with E-state index in [1.54, 1.807) is 0 Å². The SMILES string of the molecule is CCOC(=O)c1c(N)sc2c1C1CCN2CC1.[Cl-].[H+]. The Hall–Kier alpha value is -0.940. The molecular formula is C12H17ClN2O2S. The zero-order valence-electron chi connectivity index (χ0n) is 11.2. The molecule has 1 saturated heterocycles. The third-order valence-electron chi connectivity index (χ3n) is 3.62. The Kier molecular flexibility index (Phi) is 3.73. The first-order chi connectivity index (χ1) is 8.22. The van der Waals surface area contributed by atoms with Gasteiger partial charge in [0.1, 0.15) is 5.00 Å². The summed E-state index contributed by atoms with van der Waals surface area (Å²) in [5.74, 6) is 0.249. The first kappa shape index (κ1) is 13.5. The van der Waals surface area contributed by atoms with Gasteiger partial charge in [-0.25, -0.2) is 4.79 Å². The van der Waals surface area contributed by atoms with Crippen molar-refractivity contribution < 1.29 is 23.4 Å². The van der Waals surface area contributed by atoms with Gasteiger partial charge in [0.25, 0.3) is 0 Å². The van der Waals surface area contributed by atoms with E-state index in [-0.39, 0.29) is 19.8 Å². The summed E-state index contributed by atoms with van der Waals surface area (Å²) in [4.78, 5) is 14.3. The Morgan fingerprint density at radius 3 is 2.83 bits per heavy atom. The highest BCUT2D eigenvalue weighted by Gasteiger charge is 2.37. The van der Waals surface area contributed by atoms with E-state index in [0.717, 1.165) is 31.5 Å². The molecular weight excluding hydrogens is 272 g/mol. The number of anilines is 2. The highest BCUT2D eigenvalue weighted by Crippen LogP contribution is 2.50. The van der Waals surface area contributed by atoms with E-state index >= 15 is 0 Å². The molecule has 0 unspecified atom stereocenters. The lowest BCUT2D eigenvalue weighted by atomic mass is 9.84. The Balaban J connectivity index is 0.000000902. The third-order valence-corrected chi connectivity index (χ3v) is 4.72. The molecule has 0 aromatic carbocycles. The van der Waals surface area contributed by atoms with Gasteiger partial charge in [-0.1, -0.05) is 0 Å². The van der Waals surface area contributed by atoms with Crippen LogP contribution >= 0.6 is 11.3 Å². The molecule has 0 saturated carbocycles. The highest BCUT2D eigenvalue weighted by molar-refractivity contribution is 7.20. The van der Waals surface area contributed by atoms with E-state index in [2.05, 4.69) is 4.90 Å². The second kappa shape index (κ2) is 4.97. The van der Waals surface area contributed by atoms with Gasteiger partial charge < -0.3 is 27.8 Å². The molecule has 6 heteroatoms. The first-order valence-electron chi connectivity index (χ1n) is 6.06. The van der Waals surface area contributed by atoms with Crippen molar-refractivity contribution >= 4 is 27.3 Å². The standard InChI is InChI=1S/C12H16N2O2S.ClH/c1-2-16-12(15)9-8-7-3-5-14(6-4-7)11(8)17-10(9)13;/h7H,2-6,13H2,1H3;1H. The molecule has 0 amide bonds. The number of nitrogens with zero attached hydrogens (tertiary/aromatic N) is 1. The van der Waals surface area contributed by atoms with Crippen molar-refractivity contribution in [3.63, 3.8) is 0 Å². The van der Waals surface area contributed by atoms with Crippen LogP contribution in [0.15, 0.2) is 0 Å². The van der Waals surface area contributed by atoms with Crippen molar-refractivity contribution in [2.75, 3.05) is 30.3 Å². The number of thiophene rings is 1. The van der Waals surface area contributed by atoms with Crippen molar-refractivity contribution in [1.82, 2.24) is 0 Å². The maximum absolute atomic E-state index is 12.0. The quantitative estimate of drug-likeness (QED) is 0.733. The number of rotatable bonds is 2. The predicted octanol–water partition coefficient (Wildman–Crippen LogP) is -0.679. The number of carbonyl (C=O) groups excluding carboxylic acids is 1. The van der Waals surface area contributed by atoms with Crippen LogP contribution < -0.4 is 23.0 Å². The summed E-state index contributed by atoms with van der Waals surface area (Å²) in [6.45, 7) is 4.42. The van der Waals surface area contributed by atoms with Crippen molar-refractivity contribution in [3.8, 4) is 0 Å². The summed E-state index contributed by atoms with van der Waals surface area (Å²) < 4.78 is 5.11. The molecule has 0 radical (unpaired) electrons. The minimum absolute atomic E-state index is 0. The Morgan fingerprint density at radius 2 is 2.22 bits per heavy atom. The summed E-state index contributed by atoms with van der Waals surface area (Å²) >= 11 is 1.54. The van der Waals surface area contributed by atoms with Gasteiger partial charge in [0.2, 0.25) is 0 Å². The molecule has 1 aromatic heterocycles. The van der Waals surface area contributed by atoms with E-state index in [1.165, 1.54) is 16.3 Å². The first-order valence-corrected chi connectivity index (χ1v) is 6.88. The van der Waals surface area contributed by atoms with Gasteiger partial charge in [-0.15, -0.1) is 11.3 Å². The Morgan fingerprint density at radius 1 is 1.56 bits per heavy atom. The number of piperidine rings is 1. The zero-order valence-corrected chi connectivity index (χ0v) is 11.8. The molecule has 4 heterocycles. The second-order valence-corrected chi connectivity index (χ2v) is 5.57. The van der Waals surface area contributed by atoms with Crippen LogP contribution in [-0.2, 0) is 4.74 Å². The second-order valence-electron chi connectivity index (χ2n) is 4.54. The van der Waals surface area contributed by atoms with Gasteiger partial charge >= 0.3 is 7.40 Å². The number of nitrogens with two attached hydrogens (primary N) is 1. The van der Waals surface area contributed by atoms with Crippen molar-refractivity contribution in [3.05, 3.63) is 11.1 Å². The van der Waals surface area contributed by atoms with Crippen LogP contribution in [0.4, 0.5) is 10.0 Å². The van der Waals surface area contributed by atoms with Crippen molar-refractivity contribution in [2.45, 2.75) is 25.7 Å². The molecule has 1 fully saturated rings. The van der Waals surface area contributed by atoms with Crippen molar-refractivity contribution in [2.24, 2.45) is 0 Å². The Labute approximate surface area is 118 Å². The number of hydrogen-bond acceptors (Lipinski definition) is 5. The summed E-state index contributed by atoms with van der Waals surface area (Å²) in [6.07, 6.45) is 2.27. The molecule has 18 heavy (non-hydrogen) atoms. The van der Waals surface area contributed by atoms with E-state index in [0.29, 0.717) is 23.1 Å². The zero-order chi connectivity index (χ0) is 12.0. The summed E-state index contributed by atoms with van der Waals surface area (Å²) in [6, 6.07) is 0. The molecule has 0 spiro atoms. The lowest BCUT2D eigenvalue weighted by Crippen LogP contribution is -3.00. The number of carbonyl (C=O) groups is 1. The van der Waals surface area contributed by atoms with Crippen molar-refractivity contribution in [1.29, 1.82) is 0 Å². The lowest BCUT2D eigenvalue weighted by molar-refractivity contribution is -0.0000217. The molecule has 100 valence electrons. The van der Waals surface area contributed by atoms with Crippen LogP contribution in [0.25, 0.3) is 0 Å². The molecule has 2 bridgehead atoms. The number of nitrogen functional groups attached to an aromatic ring is 1. The lowest BCUT2D eigenvalue weighted by Gasteiger charge is -2.40. The number of hydrogen-bond donors (Lipinski definition) is 1. The highest BCUT2D eigenvalue weighted by atomic mass is 35.5. The van der Waals surface area contributed by atoms with Gasteiger partial charge in [0.15, 0.2) is 0 Å². The van der Waals surface area contributed by atoms with E-state index < -0.39 is 0 Å². The molecule has 4 nitrogen and oxygen atoms in total. The molecule has 2 N–H and O–H groups in total. The molecule has 0 aliphatic carbocycles. The summed E-state index contributed by atoms with van der Waals surface area (Å²) in [7, 11) is 0. The van der Waals surface area contributed by atoms with Crippen LogP contribution in [-0.4, -0.2) is 25.7 Å². The number of fused-ring (bicyclic) bond motifs is 2. The van der Waals surface area contributed by atoms with Crippen LogP contribution in [0.1, 0.15) is 43.0 Å². The molecule has 3 aliphatic rings. The number of esters is 1. The molecule has 3 aliphatic heterocycles. The number of halogens is 1. The van der Waals surface area contributed by atoms with Gasteiger partial charge in [-0.05, 0) is 25.7 Å². The van der Waals surface area contributed by atoms with Gasteiger partial charge in [0.05, 0.1) is 17.2 Å². The Bertz CT molecular complexity index is 473. The van der Waals surface area contributed by atoms with E-state index in [1.807, 2.05) is 6.92 Å². The fourth-order valence-corrected chi connectivity index (χ4v) is 4.04.